The smallest absolute Gasteiger partial charge is 0.408 e. The van der Waals surface area contributed by atoms with Gasteiger partial charge in [0, 0.05) is 0 Å². The van der Waals surface area contributed by atoms with Gasteiger partial charge in [-0.25, -0.2) is 4.79 Å². The highest BCUT2D eigenvalue weighted by atomic mass is 16.6. The first-order valence-electron chi connectivity index (χ1n) is 8.30. The normalized spacial score (nSPS) is 13.3. The second-order valence-corrected chi connectivity index (χ2v) is 6.87. The topological polar surface area (TPSA) is 92.3 Å². The maximum atomic E-state index is 12.9. The number of amides is 1. The summed E-state index contributed by atoms with van der Waals surface area (Å²) < 4.78 is 10.5. The zero-order chi connectivity index (χ0) is 19.2. The van der Waals surface area contributed by atoms with E-state index in [1.165, 1.54) is 6.26 Å². The first-order chi connectivity index (χ1) is 12.3. The van der Waals surface area contributed by atoms with Crippen LogP contribution in [0.4, 0.5) is 4.79 Å². The Bertz CT molecular complexity index is 770. The van der Waals surface area contributed by atoms with Crippen LogP contribution in [0.15, 0.2) is 53.1 Å². The molecule has 1 aromatic carbocycles. The number of hydrogen-bond acceptors (Lipinski definition) is 5. The van der Waals surface area contributed by atoms with Crippen LogP contribution < -0.4 is 5.32 Å². The van der Waals surface area contributed by atoms with Gasteiger partial charge in [0.15, 0.2) is 11.7 Å². The molecule has 136 valence electrons. The summed E-state index contributed by atoms with van der Waals surface area (Å²) >= 11 is 0. The summed E-state index contributed by atoms with van der Waals surface area (Å²) in [6, 6.07) is 13.5. The quantitative estimate of drug-likeness (QED) is 0.856. The molecule has 2 atom stereocenters. The van der Waals surface area contributed by atoms with Crippen LogP contribution in [0.1, 0.15) is 38.0 Å². The van der Waals surface area contributed by atoms with Crippen LogP contribution in [0, 0.1) is 11.3 Å². The van der Waals surface area contributed by atoms with Gasteiger partial charge < -0.3 is 14.5 Å². The molecule has 0 radical (unpaired) electrons. The van der Waals surface area contributed by atoms with Crippen molar-refractivity contribution in [1.82, 2.24) is 5.32 Å². The molecule has 2 rings (SSSR count). The average Bonchev–Trinajstić information content (AvgIpc) is 3.08. The molecule has 0 saturated carbocycles. The van der Waals surface area contributed by atoms with Crippen LogP contribution in [0.5, 0.6) is 0 Å². The fourth-order valence-corrected chi connectivity index (χ4v) is 2.45. The summed E-state index contributed by atoms with van der Waals surface area (Å²) in [4.78, 5) is 25.1. The summed E-state index contributed by atoms with van der Waals surface area (Å²) in [6.45, 7) is 5.21. The van der Waals surface area contributed by atoms with Crippen LogP contribution in [0.3, 0.4) is 0 Å². The van der Waals surface area contributed by atoms with Crippen molar-refractivity contribution >= 4 is 11.9 Å². The zero-order valence-electron chi connectivity index (χ0n) is 15.1. The van der Waals surface area contributed by atoms with Gasteiger partial charge in [0.1, 0.15) is 11.4 Å². The first-order valence-corrected chi connectivity index (χ1v) is 8.30. The largest absolute Gasteiger partial charge is 0.467 e. The Morgan fingerprint density at radius 3 is 2.42 bits per heavy atom. The van der Waals surface area contributed by atoms with Crippen LogP contribution >= 0.6 is 0 Å². The van der Waals surface area contributed by atoms with Gasteiger partial charge in [-0.1, -0.05) is 30.3 Å². The standard InChI is InChI=1S/C20H22N2O4/c1-20(2,3)26-19(24)22-16(12-14-8-5-4-6-9-14)18(23)15(13-21)17-10-7-11-25-17/h4-11,15-16H,12H2,1-3H3,(H,22,24)/t15?,16-/m0/s1. The highest BCUT2D eigenvalue weighted by Crippen LogP contribution is 2.20. The second kappa shape index (κ2) is 8.34. The van der Waals surface area contributed by atoms with Crippen molar-refractivity contribution in [2.75, 3.05) is 0 Å². The average molecular weight is 354 g/mol. The minimum absolute atomic E-state index is 0.248. The molecular formula is C20H22N2O4. The van der Waals surface area contributed by atoms with Gasteiger partial charge in [-0.2, -0.15) is 5.26 Å². The van der Waals surface area contributed by atoms with Gasteiger partial charge in [-0.3, -0.25) is 4.79 Å². The predicted octanol–water partition coefficient (Wildman–Crippen LogP) is 3.59. The summed E-state index contributed by atoms with van der Waals surface area (Å²) in [6.07, 6.45) is 0.945. The van der Waals surface area contributed by atoms with Gasteiger partial charge in [-0.05, 0) is 44.9 Å². The highest BCUT2D eigenvalue weighted by molar-refractivity contribution is 5.94. The Hall–Kier alpha value is -3.07. The molecule has 0 fully saturated rings. The van der Waals surface area contributed by atoms with Crippen molar-refractivity contribution in [2.24, 2.45) is 0 Å². The molecule has 1 aromatic heterocycles. The van der Waals surface area contributed by atoms with E-state index in [4.69, 9.17) is 9.15 Å². The third kappa shape index (κ3) is 5.49. The number of ether oxygens (including phenoxy) is 1. The number of rotatable bonds is 6. The van der Waals surface area contributed by atoms with E-state index in [-0.39, 0.29) is 12.2 Å². The van der Waals surface area contributed by atoms with Crippen LogP contribution in [0.25, 0.3) is 0 Å². The fraction of sp³-hybridized carbons (Fsp3) is 0.350. The lowest BCUT2D eigenvalue weighted by Crippen LogP contribution is -2.46. The fourth-order valence-electron chi connectivity index (χ4n) is 2.45. The first kappa shape index (κ1) is 19.3. The molecule has 6 heteroatoms. The van der Waals surface area contributed by atoms with E-state index in [1.807, 2.05) is 36.4 Å². The second-order valence-electron chi connectivity index (χ2n) is 6.87. The minimum Gasteiger partial charge on any atom is -0.467 e. The van der Waals surface area contributed by atoms with E-state index < -0.39 is 29.4 Å². The number of alkyl carbamates (subject to hydrolysis) is 1. The Morgan fingerprint density at radius 1 is 1.19 bits per heavy atom. The molecule has 0 saturated heterocycles. The molecule has 26 heavy (non-hydrogen) atoms. The molecule has 1 amide bonds. The number of carbonyl (C=O) groups excluding carboxylic acids is 2. The van der Waals surface area contributed by atoms with Crippen LogP contribution in [-0.4, -0.2) is 23.5 Å². The Labute approximate surface area is 152 Å². The van der Waals surface area contributed by atoms with E-state index in [0.717, 1.165) is 5.56 Å². The minimum atomic E-state index is -1.10. The van der Waals surface area contributed by atoms with Crippen molar-refractivity contribution in [3.8, 4) is 6.07 Å². The number of hydrogen-bond donors (Lipinski definition) is 1. The molecule has 0 aliphatic rings. The number of Topliss-reactive ketones (excluding diaryl/α,β-unsaturated/α-hetero) is 1. The van der Waals surface area contributed by atoms with Crippen LogP contribution in [-0.2, 0) is 16.0 Å². The lowest BCUT2D eigenvalue weighted by Gasteiger charge is -2.24. The third-order valence-electron chi connectivity index (χ3n) is 3.56. The SMILES string of the molecule is CC(C)(C)OC(=O)N[C@@H](Cc1ccccc1)C(=O)C(C#N)c1ccco1. The molecular weight excluding hydrogens is 332 g/mol. The summed E-state index contributed by atoms with van der Waals surface area (Å²) in [7, 11) is 0. The van der Waals surface area contributed by atoms with Crippen molar-refractivity contribution in [2.45, 2.75) is 44.8 Å². The number of ketones is 1. The zero-order valence-corrected chi connectivity index (χ0v) is 15.1. The summed E-state index contributed by atoms with van der Waals surface area (Å²) in [5, 5.41) is 12.0. The number of benzene rings is 1. The molecule has 6 nitrogen and oxygen atoms in total. The van der Waals surface area contributed by atoms with E-state index in [1.54, 1.807) is 32.9 Å². The molecule has 2 aromatic rings. The van der Waals surface area contributed by atoms with E-state index in [9.17, 15) is 14.9 Å². The number of carbonyl (C=O) groups is 2. The monoisotopic (exact) mass is 354 g/mol. The van der Waals surface area contributed by atoms with Gasteiger partial charge in [0.05, 0.1) is 18.4 Å². The maximum absolute atomic E-state index is 12.9. The molecule has 0 bridgehead atoms. The lowest BCUT2D eigenvalue weighted by molar-refractivity contribution is -0.121. The number of nitrogens with zero attached hydrogens (tertiary/aromatic N) is 1. The summed E-state index contributed by atoms with van der Waals surface area (Å²) in [5.74, 6) is -1.30. The number of nitriles is 1. The van der Waals surface area contributed by atoms with E-state index in [2.05, 4.69) is 5.32 Å². The Kier molecular flexibility index (Phi) is 6.18. The van der Waals surface area contributed by atoms with Crippen LogP contribution in [0.2, 0.25) is 0 Å². The number of furan rings is 1. The Balaban J connectivity index is 2.22. The third-order valence-corrected chi connectivity index (χ3v) is 3.56. The van der Waals surface area contributed by atoms with Gasteiger partial charge in [0.2, 0.25) is 0 Å². The lowest BCUT2D eigenvalue weighted by atomic mass is 9.92. The molecule has 0 aliphatic carbocycles. The molecule has 1 unspecified atom stereocenters. The van der Waals surface area contributed by atoms with Gasteiger partial charge >= 0.3 is 6.09 Å². The summed E-state index contributed by atoms with van der Waals surface area (Å²) in [5.41, 5.74) is 0.165. The van der Waals surface area contributed by atoms with Crippen molar-refractivity contribution < 1.29 is 18.7 Å². The molecule has 1 N–H and O–H groups in total. The van der Waals surface area contributed by atoms with Crippen molar-refractivity contribution in [3.05, 3.63) is 60.1 Å². The molecule has 1 heterocycles. The van der Waals surface area contributed by atoms with E-state index >= 15 is 0 Å². The van der Waals surface area contributed by atoms with Gasteiger partial charge in [-0.15, -0.1) is 0 Å². The van der Waals surface area contributed by atoms with Crippen molar-refractivity contribution in [1.29, 1.82) is 5.26 Å². The van der Waals surface area contributed by atoms with Crippen molar-refractivity contribution in [3.63, 3.8) is 0 Å². The van der Waals surface area contributed by atoms with E-state index in [0.29, 0.717) is 0 Å². The highest BCUT2D eigenvalue weighted by Gasteiger charge is 2.32. The maximum Gasteiger partial charge on any atom is 0.408 e. The number of nitrogens with one attached hydrogen (secondary N) is 1. The predicted molar refractivity (Wildman–Crippen MR) is 95.4 cm³/mol. The molecule has 0 aliphatic heterocycles. The van der Waals surface area contributed by atoms with Gasteiger partial charge in [0.25, 0.3) is 0 Å². The Morgan fingerprint density at radius 2 is 1.88 bits per heavy atom. The molecule has 0 spiro atoms.